The Morgan fingerprint density at radius 1 is 0.759 bits per heavy atom. The van der Waals surface area contributed by atoms with Crippen molar-refractivity contribution in [3.63, 3.8) is 0 Å². The Morgan fingerprint density at radius 3 is 1.66 bits per heavy atom. The molecule has 29 heavy (non-hydrogen) atoms. The zero-order valence-electron chi connectivity index (χ0n) is 20.7. The van der Waals surface area contributed by atoms with Crippen LogP contribution in [0.5, 0.6) is 0 Å². The molecule has 3 nitrogen and oxygen atoms in total. The molecule has 0 radical (unpaired) electrons. The number of hydrogen-bond donors (Lipinski definition) is 0. The third-order valence-corrected chi connectivity index (χ3v) is 37.6. The summed E-state index contributed by atoms with van der Waals surface area (Å²) in [7, 11) is 0. The first-order chi connectivity index (χ1) is 14.0. The summed E-state index contributed by atoms with van der Waals surface area (Å²) in [5.74, 6) is 0.172. The molecule has 0 aromatic rings. The first-order valence-electron chi connectivity index (χ1n) is 12.9. The van der Waals surface area contributed by atoms with Gasteiger partial charge < -0.3 is 0 Å². The fraction of sp³-hybridized carbons (Fsp3) is 0.958. The first-order valence-corrected chi connectivity index (χ1v) is 25.1. The van der Waals surface area contributed by atoms with E-state index in [2.05, 4.69) is 41.5 Å². The van der Waals surface area contributed by atoms with Gasteiger partial charge in [0.2, 0.25) is 0 Å². The summed E-state index contributed by atoms with van der Waals surface area (Å²) in [6, 6.07) is 0. The molecule has 174 valence electrons. The summed E-state index contributed by atoms with van der Waals surface area (Å²) in [5, 5.41) is 0. The van der Waals surface area contributed by atoms with Gasteiger partial charge in [0.25, 0.3) is 0 Å². The molecule has 0 N–H and O–H groups in total. The molecule has 0 heterocycles. The van der Waals surface area contributed by atoms with Gasteiger partial charge in [-0.25, -0.2) is 0 Å². The van der Waals surface area contributed by atoms with Crippen molar-refractivity contribution in [2.45, 2.75) is 136 Å². The monoisotopic (exact) mass is 628 g/mol. The molecule has 0 saturated heterocycles. The molecular weight excluding hydrogens is 574 g/mol. The molecule has 0 aliphatic rings. The molecule has 2 atom stereocenters. The third-order valence-electron chi connectivity index (χ3n) is 6.11. The number of rotatable bonds is 20. The van der Waals surface area contributed by atoms with Crippen LogP contribution in [0, 0.1) is 5.92 Å². The van der Waals surface area contributed by atoms with E-state index in [0.29, 0.717) is 0 Å². The van der Waals surface area contributed by atoms with Crippen LogP contribution < -0.4 is 0 Å². The molecule has 0 aliphatic carbocycles. The molecule has 0 bridgehead atoms. The SMILES string of the molecule is CCCCC(CC)C(=O)[O][SnH]([CH2]CCC)[O][Sn]([CH2]CCC)([CH2]CCC)[CH2]CCC. The second kappa shape index (κ2) is 19.7. The van der Waals surface area contributed by atoms with Gasteiger partial charge in [-0.15, -0.1) is 0 Å². The van der Waals surface area contributed by atoms with Crippen molar-refractivity contribution in [1.29, 1.82) is 0 Å². The minimum atomic E-state index is -2.76. The van der Waals surface area contributed by atoms with Gasteiger partial charge in [-0.05, 0) is 0 Å². The van der Waals surface area contributed by atoms with Gasteiger partial charge in [-0.2, -0.15) is 0 Å². The zero-order chi connectivity index (χ0) is 22.0. The maximum absolute atomic E-state index is 13.0. The van der Waals surface area contributed by atoms with Crippen molar-refractivity contribution in [2.24, 2.45) is 5.92 Å². The van der Waals surface area contributed by atoms with E-state index >= 15 is 0 Å². The van der Waals surface area contributed by atoms with Gasteiger partial charge in [0, 0.05) is 0 Å². The summed E-state index contributed by atoms with van der Waals surface area (Å²) in [4.78, 5) is 13.0. The van der Waals surface area contributed by atoms with Crippen LogP contribution in [0.1, 0.15) is 119 Å². The topological polar surface area (TPSA) is 35.5 Å². The molecule has 0 fully saturated rings. The summed E-state index contributed by atoms with van der Waals surface area (Å²) < 4.78 is 18.6. The molecular formula is C24H52O3Sn2. The van der Waals surface area contributed by atoms with Gasteiger partial charge in [0.1, 0.15) is 0 Å². The molecule has 5 heteroatoms. The average Bonchev–Trinajstić information content (AvgIpc) is 2.73. The standard InChI is InChI=1S/C8H16O2.4C4H9.O.2Sn.H/c1-3-5-6-7(4-2)8(9)10;4*1-3-4-2;;;;/h7H,3-6H2,1-2H3,(H,9,10);4*1,3-4H2,2H3;;;;/q;;;;;;;+1;/p-1. The number of unbranched alkanes of at least 4 members (excludes halogenated alkanes) is 5. The van der Waals surface area contributed by atoms with Crippen LogP contribution in [0.15, 0.2) is 0 Å². The number of hydrogen-bond acceptors (Lipinski definition) is 3. The van der Waals surface area contributed by atoms with Gasteiger partial charge in [0.05, 0.1) is 0 Å². The van der Waals surface area contributed by atoms with E-state index in [0.717, 1.165) is 36.5 Å². The van der Waals surface area contributed by atoms with Crippen LogP contribution in [0.25, 0.3) is 0 Å². The number of carbonyl (C=O) groups is 1. The Labute approximate surface area is 195 Å². The maximum atomic E-state index is 13.0. The van der Waals surface area contributed by atoms with Crippen LogP contribution in [0.2, 0.25) is 17.7 Å². The average molecular weight is 626 g/mol. The summed E-state index contributed by atoms with van der Waals surface area (Å²) in [6.07, 6.45) is 14.2. The second-order valence-corrected chi connectivity index (χ2v) is 29.9. The normalized spacial score (nSPS) is 14.0. The van der Waals surface area contributed by atoms with Crippen LogP contribution in [-0.2, 0) is 9.28 Å². The third kappa shape index (κ3) is 13.9. The molecule has 0 rings (SSSR count). The van der Waals surface area contributed by atoms with Crippen molar-refractivity contribution in [3.05, 3.63) is 0 Å². The van der Waals surface area contributed by atoms with Crippen molar-refractivity contribution in [1.82, 2.24) is 0 Å². The Bertz CT molecular complexity index is 369. The van der Waals surface area contributed by atoms with Crippen LogP contribution in [-0.4, -0.2) is 45.3 Å². The second-order valence-electron chi connectivity index (χ2n) is 8.87. The summed E-state index contributed by atoms with van der Waals surface area (Å²) in [6.45, 7) is 13.5. The first kappa shape index (κ1) is 30.0. The Morgan fingerprint density at radius 2 is 1.24 bits per heavy atom. The van der Waals surface area contributed by atoms with Crippen LogP contribution in [0.4, 0.5) is 0 Å². The summed E-state index contributed by atoms with van der Waals surface area (Å²) >= 11 is -5.45. The van der Waals surface area contributed by atoms with Crippen molar-refractivity contribution >= 4 is 45.3 Å². The van der Waals surface area contributed by atoms with Gasteiger partial charge in [0.15, 0.2) is 0 Å². The zero-order valence-corrected chi connectivity index (χ0v) is 26.8. The predicted octanol–water partition coefficient (Wildman–Crippen LogP) is 8.13. The molecule has 0 saturated carbocycles. The van der Waals surface area contributed by atoms with E-state index in [1.807, 2.05) is 0 Å². The fourth-order valence-corrected chi connectivity index (χ4v) is 42.1. The Kier molecular flexibility index (Phi) is 20.4. The molecule has 0 aromatic heterocycles. The van der Waals surface area contributed by atoms with E-state index in [1.54, 1.807) is 0 Å². The van der Waals surface area contributed by atoms with E-state index in [4.69, 9.17) is 4.49 Å². The molecule has 0 aliphatic heterocycles. The minimum absolute atomic E-state index is 0.0829. The van der Waals surface area contributed by atoms with Gasteiger partial charge in [-0.3, -0.25) is 0 Å². The van der Waals surface area contributed by atoms with Crippen LogP contribution >= 0.6 is 0 Å². The van der Waals surface area contributed by atoms with E-state index < -0.39 is 39.4 Å². The van der Waals surface area contributed by atoms with Crippen molar-refractivity contribution < 1.29 is 9.28 Å². The van der Waals surface area contributed by atoms with Gasteiger partial charge >= 0.3 is 197 Å². The fourth-order valence-electron chi connectivity index (χ4n) is 4.01. The van der Waals surface area contributed by atoms with Crippen molar-refractivity contribution in [2.75, 3.05) is 0 Å². The summed E-state index contributed by atoms with van der Waals surface area (Å²) in [5.41, 5.74) is 0. The van der Waals surface area contributed by atoms with Gasteiger partial charge in [-0.1, -0.05) is 0 Å². The Balaban J connectivity index is 5.36. The quantitative estimate of drug-likeness (QED) is 0.128. The van der Waals surface area contributed by atoms with E-state index in [9.17, 15) is 4.79 Å². The van der Waals surface area contributed by atoms with Crippen molar-refractivity contribution in [3.8, 4) is 0 Å². The number of carbonyl (C=O) groups excluding carboxylic acids is 1. The van der Waals surface area contributed by atoms with Crippen LogP contribution in [0.3, 0.4) is 0 Å². The van der Waals surface area contributed by atoms with E-state index in [-0.39, 0.29) is 11.9 Å². The molecule has 0 aromatic carbocycles. The Hall–Kier alpha value is 1.03. The predicted molar refractivity (Wildman–Crippen MR) is 132 cm³/mol. The molecule has 0 spiro atoms. The molecule has 2 unspecified atom stereocenters. The van der Waals surface area contributed by atoms with E-state index in [1.165, 1.54) is 58.3 Å². The molecule has 0 amide bonds.